The third-order valence-electron chi connectivity index (χ3n) is 3.78. The lowest BCUT2D eigenvalue weighted by atomic mass is 9.81. The first-order valence-corrected chi connectivity index (χ1v) is 6.53. The summed E-state index contributed by atoms with van der Waals surface area (Å²) in [7, 11) is 0. The van der Waals surface area contributed by atoms with Gasteiger partial charge in [-0.3, -0.25) is 4.79 Å². The van der Waals surface area contributed by atoms with Crippen LogP contribution in [0, 0.1) is 23.7 Å². The molecule has 0 aromatic carbocycles. The Labute approximate surface area is 93.4 Å². The molecule has 0 amide bonds. The fourth-order valence-electron chi connectivity index (χ4n) is 3.29. The van der Waals surface area contributed by atoms with Gasteiger partial charge < -0.3 is 4.74 Å². The van der Waals surface area contributed by atoms with Crippen LogP contribution < -0.4 is 0 Å². The molecule has 1 aliphatic heterocycles. The molecule has 0 N–H and O–H groups in total. The Kier molecular flexibility index (Phi) is 4.62. The van der Waals surface area contributed by atoms with E-state index in [-0.39, 0.29) is 5.97 Å². The van der Waals surface area contributed by atoms with E-state index >= 15 is 0 Å². The normalized spacial score (nSPS) is 39.6. The highest BCUT2D eigenvalue weighted by Gasteiger charge is 2.54. The summed E-state index contributed by atoms with van der Waals surface area (Å²) in [5.74, 6) is 2.55. The molecule has 4 unspecified atom stereocenters. The maximum absolute atomic E-state index is 11.2. The molecule has 2 heteroatoms. The molecule has 0 spiro atoms. The maximum Gasteiger partial charge on any atom is 0.309 e. The van der Waals surface area contributed by atoms with Gasteiger partial charge in [-0.05, 0) is 31.1 Å². The third-order valence-corrected chi connectivity index (χ3v) is 3.78. The number of cyclic esters (lactones) is 1. The number of carbonyl (C=O) groups excluding carboxylic acids is 1. The van der Waals surface area contributed by atoms with Gasteiger partial charge in [-0.1, -0.05) is 27.7 Å². The molecule has 3 aliphatic rings. The predicted octanol–water partition coefficient (Wildman–Crippen LogP) is 3.26. The van der Waals surface area contributed by atoms with Gasteiger partial charge in [0.25, 0.3) is 0 Å². The molecule has 2 nitrogen and oxygen atoms in total. The van der Waals surface area contributed by atoms with Gasteiger partial charge in [-0.2, -0.15) is 0 Å². The molecule has 4 atom stereocenters. The number of esters is 1. The molecule has 1 heterocycles. The largest absolute Gasteiger partial charge is 0.465 e. The second kappa shape index (κ2) is 5.53. The topological polar surface area (TPSA) is 26.3 Å². The first kappa shape index (κ1) is 12.5. The zero-order valence-corrected chi connectivity index (χ0v) is 10.5. The van der Waals surface area contributed by atoms with Crippen molar-refractivity contribution in [2.45, 2.75) is 47.0 Å². The summed E-state index contributed by atoms with van der Waals surface area (Å²) in [6.45, 7) is 8.73. The molecular weight excluding hydrogens is 188 g/mol. The fraction of sp³-hybridized carbons (Fsp3) is 0.923. The van der Waals surface area contributed by atoms with E-state index in [9.17, 15) is 4.79 Å². The molecule has 2 bridgehead atoms. The van der Waals surface area contributed by atoms with E-state index in [1.165, 1.54) is 19.3 Å². The molecule has 1 saturated heterocycles. The quantitative estimate of drug-likeness (QED) is 0.576. The summed E-state index contributed by atoms with van der Waals surface area (Å²) in [5, 5.41) is 0. The van der Waals surface area contributed by atoms with E-state index in [4.69, 9.17) is 4.74 Å². The predicted molar refractivity (Wildman–Crippen MR) is 61.5 cm³/mol. The molecule has 88 valence electrons. The van der Waals surface area contributed by atoms with Gasteiger partial charge in [-0.15, -0.1) is 0 Å². The minimum absolute atomic E-state index is 0.0993. The Morgan fingerprint density at radius 2 is 1.67 bits per heavy atom. The standard InChI is InChI=1S/C9H12O2.2C2H6/c10-9-8-6-2-1-5(3-6)7(8)4-11-9;2*1-2/h5-8H,1-4H2;2*1-2H3. The van der Waals surface area contributed by atoms with E-state index in [1.54, 1.807) is 0 Å². The lowest BCUT2D eigenvalue weighted by molar-refractivity contribution is -0.142. The summed E-state index contributed by atoms with van der Waals surface area (Å²) in [5.41, 5.74) is 0. The van der Waals surface area contributed by atoms with E-state index < -0.39 is 0 Å². The Bertz CT molecular complexity index is 213. The van der Waals surface area contributed by atoms with E-state index in [0.717, 1.165) is 12.5 Å². The highest BCUT2D eigenvalue weighted by Crippen LogP contribution is 2.54. The van der Waals surface area contributed by atoms with Gasteiger partial charge in [0.15, 0.2) is 0 Å². The van der Waals surface area contributed by atoms with E-state index in [0.29, 0.717) is 17.8 Å². The molecule has 2 aliphatic carbocycles. The van der Waals surface area contributed by atoms with Crippen LogP contribution >= 0.6 is 0 Å². The molecular formula is C13H24O2. The van der Waals surface area contributed by atoms with Gasteiger partial charge in [0.2, 0.25) is 0 Å². The SMILES string of the molecule is CC.CC.O=C1OCC2C3CCC(C3)C12. The number of rotatable bonds is 0. The van der Waals surface area contributed by atoms with Crippen LogP contribution in [-0.4, -0.2) is 12.6 Å². The molecule has 15 heavy (non-hydrogen) atoms. The number of hydrogen-bond acceptors (Lipinski definition) is 2. The minimum Gasteiger partial charge on any atom is -0.465 e. The second-order valence-electron chi connectivity index (χ2n) is 4.15. The summed E-state index contributed by atoms with van der Waals surface area (Å²) < 4.78 is 5.06. The van der Waals surface area contributed by atoms with Crippen LogP contribution in [0.4, 0.5) is 0 Å². The summed E-state index contributed by atoms with van der Waals surface area (Å²) in [6.07, 6.45) is 3.94. The average Bonchev–Trinajstić information content (AvgIpc) is 2.98. The van der Waals surface area contributed by atoms with Gasteiger partial charge in [0.1, 0.15) is 0 Å². The Hall–Kier alpha value is -0.530. The van der Waals surface area contributed by atoms with Gasteiger partial charge in [-0.25, -0.2) is 0 Å². The van der Waals surface area contributed by atoms with Crippen molar-refractivity contribution >= 4 is 5.97 Å². The zero-order chi connectivity index (χ0) is 11.4. The summed E-state index contributed by atoms with van der Waals surface area (Å²) in [4.78, 5) is 11.2. The number of fused-ring (bicyclic) bond motifs is 5. The second-order valence-corrected chi connectivity index (χ2v) is 4.15. The van der Waals surface area contributed by atoms with Crippen LogP contribution in [-0.2, 0) is 9.53 Å². The van der Waals surface area contributed by atoms with Crippen LogP contribution in [0.5, 0.6) is 0 Å². The van der Waals surface area contributed by atoms with Crippen LogP contribution in [0.3, 0.4) is 0 Å². The van der Waals surface area contributed by atoms with E-state index in [1.807, 2.05) is 27.7 Å². The van der Waals surface area contributed by atoms with Crippen LogP contribution in [0.15, 0.2) is 0 Å². The molecule has 0 aromatic rings. The van der Waals surface area contributed by atoms with Crippen molar-refractivity contribution in [3.8, 4) is 0 Å². The Morgan fingerprint density at radius 3 is 2.27 bits per heavy atom. The third kappa shape index (κ3) is 2.04. The van der Waals surface area contributed by atoms with Gasteiger partial charge in [0, 0.05) is 5.92 Å². The van der Waals surface area contributed by atoms with Crippen molar-refractivity contribution in [2.24, 2.45) is 23.7 Å². The highest BCUT2D eigenvalue weighted by atomic mass is 16.5. The van der Waals surface area contributed by atoms with Crippen LogP contribution in [0.2, 0.25) is 0 Å². The molecule has 3 fully saturated rings. The minimum atomic E-state index is 0.0993. The van der Waals surface area contributed by atoms with Crippen LogP contribution in [0.1, 0.15) is 47.0 Å². The van der Waals surface area contributed by atoms with Gasteiger partial charge >= 0.3 is 5.97 Å². The van der Waals surface area contributed by atoms with E-state index in [2.05, 4.69) is 0 Å². The number of ether oxygens (including phenoxy) is 1. The van der Waals surface area contributed by atoms with Crippen LogP contribution in [0.25, 0.3) is 0 Å². The monoisotopic (exact) mass is 212 g/mol. The number of hydrogen-bond donors (Lipinski definition) is 0. The highest BCUT2D eigenvalue weighted by molar-refractivity contribution is 5.75. The Morgan fingerprint density at radius 1 is 1.07 bits per heavy atom. The zero-order valence-electron chi connectivity index (χ0n) is 10.5. The first-order chi connectivity index (χ1) is 7.36. The van der Waals surface area contributed by atoms with Crippen molar-refractivity contribution in [3.05, 3.63) is 0 Å². The van der Waals surface area contributed by atoms with Crippen molar-refractivity contribution in [3.63, 3.8) is 0 Å². The average molecular weight is 212 g/mol. The molecule has 0 aromatic heterocycles. The lowest BCUT2D eigenvalue weighted by Gasteiger charge is -2.19. The Balaban J connectivity index is 0.000000255. The smallest absolute Gasteiger partial charge is 0.309 e. The maximum atomic E-state index is 11.2. The fourth-order valence-corrected chi connectivity index (χ4v) is 3.29. The molecule has 3 rings (SSSR count). The first-order valence-electron chi connectivity index (χ1n) is 6.53. The summed E-state index contributed by atoms with van der Waals surface area (Å²) in [6, 6.07) is 0. The molecule has 2 saturated carbocycles. The number of carbonyl (C=O) groups is 1. The van der Waals surface area contributed by atoms with Crippen molar-refractivity contribution < 1.29 is 9.53 Å². The molecule has 0 radical (unpaired) electrons. The van der Waals surface area contributed by atoms with Crippen molar-refractivity contribution in [1.29, 1.82) is 0 Å². The summed E-state index contributed by atoms with van der Waals surface area (Å²) >= 11 is 0. The van der Waals surface area contributed by atoms with Crippen molar-refractivity contribution in [2.75, 3.05) is 6.61 Å². The lowest BCUT2D eigenvalue weighted by Crippen LogP contribution is -2.22. The van der Waals surface area contributed by atoms with Crippen molar-refractivity contribution in [1.82, 2.24) is 0 Å². The van der Waals surface area contributed by atoms with Gasteiger partial charge in [0.05, 0.1) is 12.5 Å².